The molecule has 0 radical (unpaired) electrons. The fourth-order valence-electron chi connectivity index (χ4n) is 3.79. The monoisotopic (exact) mass is 551 g/mol. The minimum absolute atomic E-state index is 0.0957. The third kappa shape index (κ3) is 5.38. The van der Waals surface area contributed by atoms with Gasteiger partial charge >= 0.3 is 0 Å². The van der Waals surface area contributed by atoms with Crippen LogP contribution in [0.2, 0.25) is 0 Å². The summed E-state index contributed by atoms with van der Waals surface area (Å²) in [6.45, 7) is 3.15. The fourth-order valence-corrected chi connectivity index (χ4v) is 3.79. The van der Waals surface area contributed by atoms with Gasteiger partial charge in [-0.05, 0) is 43.7 Å². The molecule has 8 nitrogen and oxygen atoms in total. The van der Waals surface area contributed by atoms with Crippen LogP contribution in [-0.2, 0) is 13.2 Å². The second-order valence-electron chi connectivity index (χ2n) is 8.30. The molecular formula is C26H22F5N3O5. The van der Waals surface area contributed by atoms with Gasteiger partial charge in [0.05, 0.1) is 37.8 Å². The first-order chi connectivity index (χ1) is 18.5. The first-order valence-corrected chi connectivity index (χ1v) is 11.3. The Bertz CT molecular complexity index is 1520. The van der Waals surface area contributed by atoms with Crippen molar-refractivity contribution in [3.8, 4) is 17.2 Å². The van der Waals surface area contributed by atoms with E-state index in [-0.39, 0.29) is 11.5 Å². The maximum absolute atomic E-state index is 13.8. The summed E-state index contributed by atoms with van der Waals surface area (Å²) in [5.41, 5.74) is 2.50. The minimum Gasteiger partial charge on any atom is -0.493 e. The molecule has 0 spiro atoms. The summed E-state index contributed by atoms with van der Waals surface area (Å²) in [5, 5.41) is 7.18. The number of methoxy groups -OCH3 is 2. The van der Waals surface area contributed by atoms with E-state index in [9.17, 15) is 26.7 Å². The lowest BCUT2D eigenvalue weighted by Crippen LogP contribution is -2.12. The van der Waals surface area contributed by atoms with Gasteiger partial charge in [0.25, 0.3) is 5.91 Å². The number of nitrogens with zero attached hydrogens (tertiary/aromatic N) is 2. The van der Waals surface area contributed by atoms with Crippen LogP contribution in [-0.4, -0.2) is 29.9 Å². The number of carbonyl (C=O) groups excluding carboxylic acids is 1. The Morgan fingerprint density at radius 3 is 2.21 bits per heavy atom. The van der Waals surface area contributed by atoms with Crippen molar-refractivity contribution in [1.82, 2.24) is 9.78 Å². The van der Waals surface area contributed by atoms with Crippen LogP contribution in [0, 0.1) is 42.9 Å². The maximum Gasteiger partial charge on any atom is 0.291 e. The van der Waals surface area contributed by atoms with Crippen LogP contribution in [0.4, 0.5) is 27.6 Å². The van der Waals surface area contributed by atoms with E-state index in [1.54, 1.807) is 24.6 Å². The van der Waals surface area contributed by atoms with Crippen molar-refractivity contribution in [2.45, 2.75) is 27.0 Å². The van der Waals surface area contributed by atoms with Gasteiger partial charge in [0, 0.05) is 0 Å². The summed E-state index contributed by atoms with van der Waals surface area (Å²) < 4.78 is 89.9. The highest BCUT2D eigenvalue weighted by molar-refractivity contribution is 6.02. The average Bonchev–Trinajstić information content (AvgIpc) is 3.51. The van der Waals surface area contributed by atoms with Gasteiger partial charge in [0.1, 0.15) is 12.4 Å². The van der Waals surface area contributed by atoms with Crippen LogP contribution >= 0.6 is 0 Å². The van der Waals surface area contributed by atoms with Gasteiger partial charge in [-0.15, -0.1) is 0 Å². The van der Waals surface area contributed by atoms with E-state index in [1.165, 1.54) is 26.4 Å². The standard InChI is InChI=1S/C26H22F5N3O5/c1-12-24(13(2)34(33-12)10-14-5-7-16(36-3)18(9-14)37-4)32-26(35)17-8-6-15(39-17)11-38-25-22(30)20(28)19(27)21(29)23(25)31/h5-9H,10-11H2,1-4H3,(H,32,35). The molecule has 39 heavy (non-hydrogen) atoms. The number of aryl methyl sites for hydroxylation is 1. The van der Waals surface area contributed by atoms with Crippen molar-refractivity contribution in [2.24, 2.45) is 0 Å². The number of furan rings is 1. The van der Waals surface area contributed by atoms with E-state index >= 15 is 0 Å². The number of ether oxygens (including phenoxy) is 3. The molecule has 2 aromatic heterocycles. The highest BCUT2D eigenvalue weighted by Crippen LogP contribution is 2.31. The zero-order valence-corrected chi connectivity index (χ0v) is 21.1. The Balaban J connectivity index is 1.46. The van der Waals surface area contributed by atoms with Crippen molar-refractivity contribution in [2.75, 3.05) is 19.5 Å². The normalized spacial score (nSPS) is 11.0. The Morgan fingerprint density at radius 2 is 1.56 bits per heavy atom. The number of hydrogen-bond acceptors (Lipinski definition) is 6. The number of nitrogens with one attached hydrogen (secondary N) is 1. The molecule has 0 saturated carbocycles. The number of anilines is 1. The SMILES string of the molecule is COc1ccc(Cn2nc(C)c(NC(=O)c3ccc(COc4c(F)c(F)c(F)c(F)c4F)o3)c2C)cc1OC. The van der Waals surface area contributed by atoms with Crippen molar-refractivity contribution in [3.05, 3.63) is 87.9 Å². The summed E-state index contributed by atoms with van der Waals surface area (Å²) in [6, 6.07) is 7.97. The van der Waals surface area contributed by atoms with Crippen LogP contribution in [0.25, 0.3) is 0 Å². The Kier molecular flexibility index (Phi) is 7.79. The zero-order valence-electron chi connectivity index (χ0n) is 21.1. The van der Waals surface area contributed by atoms with Crippen molar-refractivity contribution >= 4 is 11.6 Å². The van der Waals surface area contributed by atoms with Crippen molar-refractivity contribution in [1.29, 1.82) is 0 Å². The molecule has 0 fully saturated rings. The molecule has 206 valence electrons. The lowest BCUT2D eigenvalue weighted by atomic mass is 10.2. The molecule has 0 atom stereocenters. The molecule has 2 aromatic carbocycles. The maximum atomic E-state index is 13.8. The first-order valence-electron chi connectivity index (χ1n) is 11.3. The van der Waals surface area contributed by atoms with E-state index in [1.807, 2.05) is 12.1 Å². The average molecular weight is 551 g/mol. The number of aromatic nitrogens is 2. The lowest BCUT2D eigenvalue weighted by molar-refractivity contribution is 0.0992. The van der Waals surface area contributed by atoms with Crippen LogP contribution in [0.1, 0.15) is 33.3 Å². The molecule has 4 aromatic rings. The van der Waals surface area contributed by atoms with Crippen molar-refractivity contribution < 1.29 is 45.4 Å². The van der Waals surface area contributed by atoms with E-state index in [0.29, 0.717) is 35.1 Å². The fraction of sp³-hybridized carbons (Fsp3) is 0.231. The van der Waals surface area contributed by atoms with Gasteiger partial charge in [-0.2, -0.15) is 13.9 Å². The second kappa shape index (κ2) is 11.1. The van der Waals surface area contributed by atoms with Crippen LogP contribution in [0.5, 0.6) is 17.2 Å². The van der Waals surface area contributed by atoms with Crippen LogP contribution < -0.4 is 19.5 Å². The smallest absolute Gasteiger partial charge is 0.291 e. The summed E-state index contributed by atoms with van der Waals surface area (Å²) >= 11 is 0. The third-order valence-electron chi connectivity index (χ3n) is 5.81. The van der Waals surface area contributed by atoms with Gasteiger partial charge in [0.2, 0.25) is 29.1 Å². The molecule has 0 aliphatic heterocycles. The molecular weight excluding hydrogens is 529 g/mol. The summed E-state index contributed by atoms with van der Waals surface area (Å²) in [5.74, 6) is -12.1. The predicted octanol–water partition coefficient (Wildman–Crippen LogP) is 5.69. The van der Waals surface area contributed by atoms with Crippen LogP contribution in [0.15, 0.2) is 34.7 Å². The van der Waals surface area contributed by atoms with Crippen molar-refractivity contribution in [3.63, 3.8) is 0 Å². The van der Waals surface area contributed by atoms with Gasteiger partial charge in [-0.25, -0.2) is 13.2 Å². The van der Waals surface area contributed by atoms with Gasteiger partial charge in [-0.3, -0.25) is 9.48 Å². The Morgan fingerprint density at radius 1 is 0.923 bits per heavy atom. The molecule has 1 N–H and O–H groups in total. The largest absolute Gasteiger partial charge is 0.493 e. The predicted molar refractivity (Wildman–Crippen MR) is 128 cm³/mol. The molecule has 4 rings (SSSR count). The number of carbonyl (C=O) groups is 1. The van der Waals surface area contributed by atoms with E-state index in [0.717, 1.165) is 5.56 Å². The molecule has 13 heteroatoms. The quantitative estimate of drug-likeness (QED) is 0.164. The number of benzene rings is 2. The van der Waals surface area contributed by atoms with E-state index in [2.05, 4.69) is 10.4 Å². The summed E-state index contributed by atoms with van der Waals surface area (Å²) in [7, 11) is 3.07. The molecule has 0 bridgehead atoms. The molecule has 2 heterocycles. The Hall–Kier alpha value is -4.55. The number of amides is 1. The molecule has 1 amide bonds. The number of rotatable bonds is 9. The molecule has 0 aliphatic rings. The number of hydrogen-bond donors (Lipinski definition) is 1. The van der Waals surface area contributed by atoms with E-state index < -0.39 is 47.3 Å². The molecule has 0 aliphatic carbocycles. The number of halogens is 5. The highest BCUT2D eigenvalue weighted by Gasteiger charge is 2.27. The third-order valence-corrected chi connectivity index (χ3v) is 5.81. The topological polar surface area (TPSA) is 87.8 Å². The minimum atomic E-state index is -2.30. The van der Waals surface area contributed by atoms with Gasteiger partial charge < -0.3 is 23.9 Å². The molecule has 0 unspecified atom stereocenters. The highest BCUT2D eigenvalue weighted by atomic mass is 19.2. The Labute approximate surface area is 218 Å². The summed E-state index contributed by atoms with van der Waals surface area (Å²) in [4.78, 5) is 12.8. The second-order valence-corrected chi connectivity index (χ2v) is 8.30. The van der Waals surface area contributed by atoms with Gasteiger partial charge in [0.15, 0.2) is 23.0 Å². The lowest BCUT2D eigenvalue weighted by Gasteiger charge is -2.11. The molecule has 0 saturated heterocycles. The van der Waals surface area contributed by atoms with Gasteiger partial charge in [-0.1, -0.05) is 6.07 Å². The zero-order chi connectivity index (χ0) is 28.4. The summed E-state index contributed by atoms with van der Waals surface area (Å²) in [6.07, 6.45) is 0. The van der Waals surface area contributed by atoms with E-state index in [4.69, 9.17) is 18.6 Å². The van der Waals surface area contributed by atoms with Crippen LogP contribution in [0.3, 0.4) is 0 Å². The first kappa shape index (κ1) is 27.5.